The normalized spacial score (nSPS) is 14.3. The lowest BCUT2D eigenvalue weighted by molar-refractivity contribution is -0.870. The molecule has 36 heavy (non-hydrogen) atoms. The summed E-state index contributed by atoms with van der Waals surface area (Å²) in [4.78, 5) is 36.5. The molecule has 0 bridgehead atoms. The SMILES string of the molecule is CCCCCCCCCC(=O)OC(COC(=O)CCCCCCC)COP(=O)([O-])OCC[N+](C)(C)C. The van der Waals surface area contributed by atoms with Gasteiger partial charge in [-0.2, -0.15) is 0 Å². The molecule has 0 aliphatic heterocycles. The van der Waals surface area contributed by atoms with E-state index in [9.17, 15) is 19.0 Å². The van der Waals surface area contributed by atoms with E-state index < -0.39 is 32.5 Å². The molecule has 214 valence electrons. The summed E-state index contributed by atoms with van der Waals surface area (Å²) in [6.07, 6.45) is 12.0. The number of rotatable bonds is 24. The number of likely N-dealkylation sites (N-methyl/N-ethyl adjacent to an activating group) is 1. The number of phosphoric ester groups is 1. The number of carbonyl (C=O) groups is 2. The van der Waals surface area contributed by atoms with E-state index in [2.05, 4.69) is 13.8 Å². The van der Waals surface area contributed by atoms with Crippen molar-refractivity contribution in [3.63, 3.8) is 0 Å². The molecule has 2 atom stereocenters. The van der Waals surface area contributed by atoms with E-state index >= 15 is 0 Å². The molecule has 0 aromatic rings. The molecule has 0 saturated carbocycles. The third-order valence-electron chi connectivity index (χ3n) is 5.63. The van der Waals surface area contributed by atoms with E-state index in [1.807, 2.05) is 21.1 Å². The minimum absolute atomic E-state index is 0.0278. The van der Waals surface area contributed by atoms with Crippen LogP contribution >= 0.6 is 7.82 Å². The van der Waals surface area contributed by atoms with Crippen molar-refractivity contribution in [1.82, 2.24) is 0 Å². The van der Waals surface area contributed by atoms with Crippen LogP contribution in [0.5, 0.6) is 0 Å². The van der Waals surface area contributed by atoms with Gasteiger partial charge in [-0.05, 0) is 12.8 Å². The lowest BCUT2D eigenvalue weighted by Crippen LogP contribution is -2.37. The zero-order valence-electron chi connectivity index (χ0n) is 23.5. The molecule has 2 unspecified atom stereocenters. The number of nitrogens with zero attached hydrogens (tertiary/aromatic N) is 1. The summed E-state index contributed by atoms with van der Waals surface area (Å²) in [6.45, 7) is 4.03. The highest BCUT2D eigenvalue weighted by molar-refractivity contribution is 7.45. The van der Waals surface area contributed by atoms with E-state index in [-0.39, 0.29) is 26.1 Å². The Morgan fingerprint density at radius 2 is 1.25 bits per heavy atom. The minimum Gasteiger partial charge on any atom is -0.756 e. The molecule has 0 aromatic heterocycles. The van der Waals surface area contributed by atoms with Crippen LogP contribution in [0.25, 0.3) is 0 Å². The number of hydrogen-bond donors (Lipinski definition) is 0. The third-order valence-corrected chi connectivity index (χ3v) is 6.59. The van der Waals surface area contributed by atoms with Gasteiger partial charge in [-0.3, -0.25) is 14.2 Å². The average molecular weight is 538 g/mol. The van der Waals surface area contributed by atoms with Crippen LogP contribution in [0, 0.1) is 0 Å². The molecule has 0 amide bonds. The van der Waals surface area contributed by atoms with Crippen LogP contribution in [0.15, 0.2) is 0 Å². The highest BCUT2D eigenvalue weighted by Gasteiger charge is 2.21. The van der Waals surface area contributed by atoms with Crippen molar-refractivity contribution in [3.8, 4) is 0 Å². The molecule has 0 heterocycles. The minimum atomic E-state index is -4.58. The van der Waals surface area contributed by atoms with Gasteiger partial charge in [0.25, 0.3) is 7.82 Å². The Morgan fingerprint density at radius 3 is 1.78 bits per heavy atom. The highest BCUT2D eigenvalue weighted by atomic mass is 31.2. The van der Waals surface area contributed by atoms with Gasteiger partial charge in [-0.1, -0.05) is 78.1 Å². The smallest absolute Gasteiger partial charge is 0.306 e. The molecule has 0 rings (SSSR count). The van der Waals surface area contributed by atoms with Gasteiger partial charge in [0, 0.05) is 12.8 Å². The van der Waals surface area contributed by atoms with Crippen molar-refractivity contribution < 1.29 is 42.1 Å². The van der Waals surface area contributed by atoms with Gasteiger partial charge in [0.05, 0.1) is 27.7 Å². The molecule has 0 aliphatic carbocycles. The third kappa shape index (κ3) is 23.4. The molecule has 10 heteroatoms. The summed E-state index contributed by atoms with van der Waals surface area (Å²) in [6, 6.07) is 0. The fraction of sp³-hybridized carbons (Fsp3) is 0.923. The van der Waals surface area contributed by atoms with E-state index in [1.54, 1.807) is 0 Å². The van der Waals surface area contributed by atoms with E-state index in [1.165, 1.54) is 19.3 Å². The molecule has 0 spiro atoms. The predicted molar refractivity (Wildman–Crippen MR) is 139 cm³/mol. The monoisotopic (exact) mass is 537 g/mol. The van der Waals surface area contributed by atoms with Crippen LogP contribution in [0.3, 0.4) is 0 Å². The first-order valence-electron chi connectivity index (χ1n) is 13.7. The lowest BCUT2D eigenvalue weighted by Gasteiger charge is -2.28. The van der Waals surface area contributed by atoms with Crippen LogP contribution in [0.2, 0.25) is 0 Å². The number of unbranched alkanes of at least 4 members (excludes halogenated alkanes) is 10. The van der Waals surface area contributed by atoms with Crippen molar-refractivity contribution >= 4 is 19.8 Å². The first-order valence-corrected chi connectivity index (χ1v) is 15.2. The highest BCUT2D eigenvalue weighted by Crippen LogP contribution is 2.38. The second kappa shape index (κ2) is 21.0. The number of esters is 2. The molecular weight excluding hydrogens is 485 g/mol. The molecule has 0 aliphatic rings. The number of phosphoric acid groups is 1. The Bertz CT molecular complexity index is 624. The Balaban J connectivity index is 4.60. The summed E-state index contributed by atoms with van der Waals surface area (Å²) in [5, 5.41) is 0. The topological polar surface area (TPSA) is 111 Å². The number of hydrogen-bond acceptors (Lipinski definition) is 8. The predicted octanol–water partition coefficient (Wildman–Crippen LogP) is 5.15. The van der Waals surface area contributed by atoms with Gasteiger partial charge < -0.3 is 27.9 Å². The fourth-order valence-corrected chi connectivity index (χ4v) is 4.09. The molecule has 0 saturated heterocycles. The summed E-state index contributed by atoms with van der Waals surface area (Å²) in [5.41, 5.74) is 0. The average Bonchev–Trinajstić information content (AvgIpc) is 2.79. The van der Waals surface area contributed by atoms with Crippen molar-refractivity contribution in [2.75, 3.05) is 47.5 Å². The molecule has 0 fully saturated rings. The van der Waals surface area contributed by atoms with Gasteiger partial charge in [-0.15, -0.1) is 0 Å². The molecule has 0 aromatic carbocycles. The molecule has 9 nitrogen and oxygen atoms in total. The Morgan fingerprint density at radius 1 is 0.750 bits per heavy atom. The molecule has 0 N–H and O–H groups in total. The Labute approximate surface area is 219 Å². The maximum atomic E-state index is 12.3. The first-order chi connectivity index (χ1) is 17.0. The van der Waals surface area contributed by atoms with Crippen LogP contribution in [-0.2, 0) is 32.7 Å². The standard InChI is InChI=1S/C26H52NO8P/c1-6-8-10-12-13-15-17-19-26(29)35-24(22-32-25(28)18-16-14-11-9-7-2)23-34-36(30,31)33-21-20-27(3,4)5/h24H,6-23H2,1-5H3. The van der Waals surface area contributed by atoms with Crippen molar-refractivity contribution in [2.24, 2.45) is 0 Å². The summed E-state index contributed by atoms with van der Waals surface area (Å²) >= 11 is 0. The fourth-order valence-electron chi connectivity index (χ4n) is 3.36. The van der Waals surface area contributed by atoms with Crippen LogP contribution in [0.1, 0.15) is 104 Å². The number of quaternary nitrogens is 1. The first kappa shape index (κ1) is 35.0. The van der Waals surface area contributed by atoms with Gasteiger partial charge >= 0.3 is 11.9 Å². The number of ether oxygens (including phenoxy) is 2. The van der Waals surface area contributed by atoms with Gasteiger partial charge in [0.2, 0.25) is 0 Å². The van der Waals surface area contributed by atoms with Gasteiger partial charge in [0.1, 0.15) is 19.8 Å². The van der Waals surface area contributed by atoms with Crippen LogP contribution < -0.4 is 4.89 Å². The summed E-state index contributed by atoms with van der Waals surface area (Å²) in [5.74, 6) is -0.858. The van der Waals surface area contributed by atoms with Crippen molar-refractivity contribution in [2.45, 2.75) is 110 Å². The van der Waals surface area contributed by atoms with E-state index in [4.69, 9.17) is 18.5 Å². The summed E-state index contributed by atoms with van der Waals surface area (Å²) < 4.78 is 33.2. The summed E-state index contributed by atoms with van der Waals surface area (Å²) in [7, 11) is 1.16. The van der Waals surface area contributed by atoms with Crippen LogP contribution in [0.4, 0.5) is 0 Å². The van der Waals surface area contributed by atoms with Crippen molar-refractivity contribution in [3.05, 3.63) is 0 Å². The lowest BCUT2D eigenvalue weighted by atomic mass is 10.1. The largest absolute Gasteiger partial charge is 0.756 e. The maximum Gasteiger partial charge on any atom is 0.306 e. The second-order valence-electron chi connectivity index (χ2n) is 10.4. The van der Waals surface area contributed by atoms with Crippen molar-refractivity contribution in [1.29, 1.82) is 0 Å². The maximum absolute atomic E-state index is 12.3. The Hall–Kier alpha value is -0.990. The quantitative estimate of drug-likeness (QED) is 0.0719. The zero-order valence-corrected chi connectivity index (χ0v) is 24.4. The van der Waals surface area contributed by atoms with Crippen LogP contribution in [-0.4, -0.2) is 70.0 Å². The molecule has 0 radical (unpaired) electrons. The molecular formula is C26H52NO8P. The van der Waals surface area contributed by atoms with Gasteiger partial charge in [0.15, 0.2) is 6.10 Å². The van der Waals surface area contributed by atoms with E-state index in [0.717, 1.165) is 51.4 Å². The number of carbonyl (C=O) groups excluding carboxylic acids is 2. The zero-order chi connectivity index (χ0) is 27.3. The van der Waals surface area contributed by atoms with Gasteiger partial charge in [-0.25, -0.2) is 0 Å². The van der Waals surface area contributed by atoms with E-state index in [0.29, 0.717) is 17.4 Å². The Kier molecular flexibility index (Phi) is 20.4. The second-order valence-corrected chi connectivity index (χ2v) is 11.8.